The van der Waals surface area contributed by atoms with E-state index in [2.05, 4.69) is 29.4 Å². The summed E-state index contributed by atoms with van der Waals surface area (Å²) in [6.45, 7) is 1.84. The molecule has 33 heavy (non-hydrogen) atoms. The molecule has 178 valence electrons. The zero-order valence-corrected chi connectivity index (χ0v) is 21.0. The lowest BCUT2D eigenvalue weighted by molar-refractivity contribution is -0.147. The van der Waals surface area contributed by atoms with E-state index in [0.29, 0.717) is 10.0 Å². The van der Waals surface area contributed by atoms with Crippen molar-refractivity contribution in [3.63, 3.8) is 0 Å². The molecule has 2 fully saturated rings. The van der Waals surface area contributed by atoms with Gasteiger partial charge in [-0.25, -0.2) is 0 Å². The van der Waals surface area contributed by atoms with Gasteiger partial charge in [0.1, 0.15) is 5.75 Å². The number of rotatable bonds is 6. The molecule has 0 aromatic heterocycles. The molecule has 5 nitrogen and oxygen atoms in total. The number of nitrogens with zero attached hydrogens (tertiary/aromatic N) is 1. The fourth-order valence-corrected chi connectivity index (χ4v) is 6.18. The van der Waals surface area contributed by atoms with Crippen molar-refractivity contribution < 1.29 is 14.3 Å². The van der Waals surface area contributed by atoms with Crippen LogP contribution in [0.25, 0.3) is 0 Å². The molecule has 0 spiro atoms. The minimum atomic E-state index is -0.308. The molecule has 1 N–H and O–H groups in total. The molecular formula is C26H32Cl2N2O3. The number of hydrogen-bond donors (Lipinski definition) is 1. The molecule has 7 heteroatoms. The summed E-state index contributed by atoms with van der Waals surface area (Å²) in [6.07, 6.45) is 3.82. The quantitative estimate of drug-likeness (QED) is 0.627. The van der Waals surface area contributed by atoms with Crippen LogP contribution in [0.15, 0.2) is 42.5 Å². The van der Waals surface area contributed by atoms with Gasteiger partial charge < -0.3 is 19.7 Å². The van der Waals surface area contributed by atoms with Crippen LogP contribution in [0.5, 0.6) is 5.75 Å². The molecule has 1 amide bonds. The Morgan fingerprint density at radius 1 is 1.15 bits per heavy atom. The summed E-state index contributed by atoms with van der Waals surface area (Å²) in [6, 6.07) is 13.8. The third kappa shape index (κ3) is 4.74. The second kappa shape index (κ2) is 9.83. The molecule has 1 saturated heterocycles. The van der Waals surface area contributed by atoms with Gasteiger partial charge >= 0.3 is 0 Å². The van der Waals surface area contributed by atoms with Gasteiger partial charge in [-0.1, -0.05) is 41.4 Å². The Balaban J connectivity index is 1.59. The fraction of sp³-hybridized carbons (Fsp3) is 0.500. The largest absolute Gasteiger partial charge is 0.497 e. The molecule has 3 atom stereocenters. The average molecular weight is 491 g/mol. The monoisotopic (exact) mass is 490 g/mol. The van der Waals surface area contributed by atoms with Crippen molar-refractivity contribution >= 4 is 29.1 Å². The molecule has 2 aliphatic rings. The molecule has 0 bridgehead atoms. The number of piperidine rings is 1. The number of carbonyl (C=O) groups excluding carboxylic acids is 1. The highest BCUT2D eigenvalue weighted by molar-refractivity contribution is 6.42. The first kappa shape index (κ1) is 24.3. The summed E-state index contributed by atoms with van der Waals surface area (Å²) in [5.74, 6) is 0.841. The second-order valence-corrected chi connectivity index (χ2v) is 10.2. The van der Waals surface area contributed by atoms with Gasteiger partial charge in [-0.15, -0.1) is 0 Å². The number of halogens is 2. The van der Waals surface area contributed by atoms with E-state index < -0.39 is 0 Å². The third-order valence-electron chi connectivity index (χ3n) is 7.54. The lowest BCUT2D eigenvalue weighted by Crippen LogP contribution is -2.67. The maximum Gasteiger partial charge on any atom is 0.224 e. The fourth-order valence-electron chi connectivity index (χ4n) is 5.86. The Morgan fingerprint density at radius 2 is 1.97 bits per heavy atom. The first-order chi connectivity index (χ1) is 15.8. The lowest BCUT2D eigenvalue weighted by Gasteiger charge is -2.59. The van der Waals surface area contributed by atoms with Gasteiger partial charge in [0.15, 0.2) is 0 Å². The van der Waals surface area contributed by atoms with Gasteiger partial charge in [0.25, 0.3) is 0 Å². The number of fused-ring (bicyclic) bond motifs is 1. The number of nitrogens with one attached hydrogen (secondary N) is 1. The number of hydrogen-bond acceptors (Lipinski definition) is 4. The van der Waals surface area contributed by atoms with Gasteiger partial charge in [-0.2, -0.15) is 0 Å². The Hall–Kier alpha value is -1.79. The van der Waals surface area contributed by atoms with Crippen molar-refractivity contribution in [2.24, 2.45) is 0 Å². The van der Waals surface area contributed by atoms with Crippen molar-refractivity contribution in [3.8, 4) is 5.75 Å². The van der Waals surface area contributed by atoms with Gasteiger partial charge in [0.05, 0.1) is 29.2 Å². The number of amides is 1. The SMILES string of the molecule is COc1cccc([C@@]23CCN(C)C[C@@]2(OC)CC[C@@H](NC(=O)Cc2ccc(Cl)c(Cl)c2)C3)c1. The van der Waals surface area contributed by atoms with E-state index in [1.807, 2.05) is 25.3 Å². The van der Waals surface area contributed by atoms with Crippen molar-refractivity contribution in [2.75, 3.05) is 34.4 Å². The maximum absolute atomic E-state index is 12.9. The number of likely N-dealkylation sites (tertiary alicyclic amines) is 1. The van der Waals surface area contributed by atoms with E-state index in [0.717, 1.165) is 50.1 Å². The van der Waals surface area contributed by atoms with Crippen molar-refractivity contribution in [1.82, 2.24) is 10.2 Å². The predicted octanol–water partition coefficient (Wildman–Crippen LogP) is 4.87. The zero-order valence-electron chi connectivity index (χ0n) is 19.5. The van der Waals surface area contributed by atoms with Crippen LogP contribution in [-0.4, -0.2) is 56.8 Å². The molecule has 1 saturated carbocycles. The highest BCUT2D eigenvalue weighted by atomic mass is 35.5. The van der Waals surface area contributed by atoms with E-state index in [9.17, 15) is 4.79 Å². The number of ether oxygens (including phenoxy) is 2. The summed E-state index contributed by atoms with van der Waals surface area (Å²) in [5, 5.41) is 4.25. The van der Waals surface area contributed by atoms with Crippen LogP contribution >= 0.6 is 23.2 Å². The lowest BCUT2D eigenvalue weighted by atomic mass is 9.55. The molecule has 4 rings (SSSR count). The zero-order chi connectivity index (χ0) is 23.6. The van der Waals surface area contributed by atoms with Crippen LogP contribution in [-0.2, 0) is 21.4 Å². The van der Waals surface area contributed by atoms with Gasteiger partial charge in [-0.3, -0.25) is 4.79 Å². The molecule has 1 aliphatic heterocycles. The average Bonchev–Trinajstić information content (AvgIpc) is 2.81. The van der Waals surface area contributed by atoms with Crippen molar-refractivity contribution in [1.29, 1.82) is 0 Å². The highest BCUT2D eigenvalue weighted by Gasteiger charge is 2.58. The Kier molecular flexibility index (Phi) is 7.25. The summed E-state index contributed by atoms with van der Waals surface area (Å²) in [7, 11) is 5.68. The van der Waals surface area contributed by atoms with Gasteiger partial charge in [-0.05, 0) is 74.7 Å². The number of likely N-dealkylation sites (N-methyl/N-ethyl adjacent to an activating group) is 1. The molecule has 2 aromatic rings. The third-order valence-corrected chi connectivity index (χ3v) is 8.28. The number of carbonyl (C=O) groups is 1. The van der Waals surface area contributed by atoms with E-state index >= 15 is 0 Å². The molecule has 2 aromatic carbocycles. The van der Waals surface area contributed by atoms with Gasteiger partial charge in [0, 0.05) is 25.1 Å². The van der Waals surface area contributed by atoms with Crippen LogP contribution in [0, 0.1) is 0 Å². The number of methoxy groups -OCH3 is 2. The maximum atomic E-state index is 12.9. The summed E-state index contributed by atoms with van der Waals surface area (Å²) in [5.41, 5.74) is 1.56. The van der Waals surface area contributed by atoms with Crippen molar-refractivity contribution in [2.45, 2.75) is 49.2 Å². The van der Waals surface area contributed by atoms with Crippen LogP contribution in [0.2, 0.25) is 10.0 Å². The Labute approximate surface area is 206 Å². The standard InChI is InChI=1S/C26H32Cl2N2O3/c1-30-12-11-25(19-5-4-6-21(15-19)32-2)16-20(9-10-26(25,17-30)33-3)29-24(31)14-18-7-8-22(27)23(28)13-18/h4-8,13,15,20H,9-12,14,16-17H2,1-3H3,(H,29,31)/t20-,25+,26+/m1/s1. The van der Waals surface area contributed by atoms with E-state index in [1.54, 1.807) is 19.2 Å². The van der Waals surface area contributed by atoms with E-state index in [1.165, 1.54) is 5.56 Å². The topological polar surface area (TPSA) is 50.8 Å². The van der Waals surface area contributed by atoms with E-state index in [-0.39, 0.29) is 29.4 Å². The van der Waals surface area contributed by atoms with Crippen molar-refractivity contribution in [3.05, 3.63) is 63.6 Å². The minimum absolute atomic E-state index is 0.00275. The Morgan fingerprint density at radius 3 is 2.70 bits per heavy atom. The second-order valence-electron chi connectivity index (χ2n) is 9.43. The van der Waals surface area contributed by atoms with E-state index in [4.69, 9.17) is 32.7 Å². The molecule has 1 aliphatic carbocycles. The smallest absolute Gasteiger partial charge is 0.224 e. The molecule has 1 heterocycles. The molecule has 0 radical (unpaired) electrons. The first-order valence-corrected chi connectivity index (χ1v) is 12.2. The number of benzene rings is 2. The predicted molar refractivity (Wildman–Crippen MR) is 132 cm³/mol. The highest BCUT2D eigenvalue weighted by Crippen LogP contribution is 2.53. The first-order valence-electron chi connectivity index (χ1n) is 11.4. The summed E-state index contributed by atoms with van der Waals surface area (Å²) in [4.78, 5) is 15.3. The molecular weight excluding hydrogens is 459 g/mol. The summed E-state index contributed by atoms with van der Waals surface area (Å²) >= 11 is 12.1. The van der Waals surface area contributed by atoms with Gasteiger partial charge in [0.2, 0.25) is 5.91 Å². The Bertz CT molecular complexity index is 1020. The van der Waals surface area contributed by atoms with Crippen LogP contribution < -0.4 is 10.1 Å². The normalized spacial score (nSPS) is 27.6. The van der Waals surface area contributed by atoms with Crippen LogP contribution in [0.3, 0.4) is 0 Å². The molecule has 0 unspecified atom stereocenters. The van der Waals surface area contributed by atoms with Crippen LogP contribution in [0.1, 0.15) is 36.8 Å². The summed E-state index contributed by atoms with van der Waals surface area (Å²) < 4.78 is 11.9. The van der Waals surface area contributed by atoms with Crippen LogP contribution in [0.4, 0.5) is 0 Å². The minimum Gasteiger partial charge on any atom is -0.497 e.